The molecule has 0 amide bonds. The number of carbonyl (C=O) groups excluding carboxylic acids is 1. The number of aliphatic hydroxyl groups is 1. The molecule has 106 valence electrons. The van der Waals surface area contributed by atoms with Crippen LogP contribution >= 0.6 is 11.8 Å². The van der Waals surface area contributed by atoms with Crippen molar-refractivity contribution in [2.45, 2.75) is 56.4 Å². The van der Waals surface area contributed by atoms with E-state index in [1.807, 2.05) is 6.92 Å². The Labute approximate surface area is 114 Å². The van der Waals surface area contributed by atoms with Gasteiger partial charge in [-0.05, 0) is 37.9 Å². The molecule has 0 heterocycles. The number of methoxy groups -OCH3 is 1. The zero-order valence-electron chi connectivity index (χ0n) is 11.5. The highest BCUT2D eigenvalue weighted by molar-refractivity contribution is 7.99. The van der Waals surface area contributed by atoms with Crippen molar-refractivity contribution in [2.24, 2.45) is 11.7 Å². The monoisotopic (exact) mass is 275 g/mol. The van der Waals surface area contributed by atoms with Gasteiger partial charge >= 0.3 is 5.97 Å². The molecule has 5 heteroatoms. The molecule has 1 fully saturated rings. The third-order valence-electron chi connectivity index (χ3n) is 3.96. The predicted molar refractivity (Wildman–Crippen MR) is 74.5 cm³/mol. The van der Waals surface area contributed by atoms with Crippen molar-refractivity contribution < 1.29 is 14.6 Å². The van der Waals surface area contributed by atoms with Crippen LogP contribution in [-0.2, 0) is 9.53 Å². The fourth-order valence-corrected chi connectivity index (χ4v) is 3.57. The Balaban J connectivity index is 2.44. The summed E-state index contributed by atoms with van der Waals surface area (Å²) in [5, 5.41) is 9.64. The second-order valence-electron chi connectivity index (χ2n) is 5.23. The molecule has 1 aliphatic rings. The van der Waals surface area contributed by atoms with Crippen molar-refractivity contribution in [3.8, 4) is 0 Å². The van der Waals surface area contributed by atoms with E-state index in [-0.39, 0.29) is 23.2 Å². The topological polar surface area (TPSA) is 72.5 Å². The third-order valence-corrected chi connectivity index (χ3v) is 5.35. The first-order chi connectivity index (χ1) is 8.41. The van der Waals surface area contributed by atoms with Gasteiger partial charge in [0.1, 0.15) is 5.54 Å². The van der Waals surface area contributed by atoms with E-state index in [1.165, 1.54) is 7.11 Å². The Morgan fingerprint density at radius 1 is 1.61 bits per heavy atom. The molecule has 0 spiro atoms. The van der Waals surface area contributed by atoms with Crippen LogP contribution < -0.4 is 5.73 Å². The van der Waals surface area contributed by atoms with Crippen LogP contribution in [0.3, 0.4) is 0 Å². The number of thioether (sulfide) groups is 1. The first kappa shape index (κ1) is 15.8. The molecule has 1 rings (SSSR count). The second-order valence-corrected chi connectivity index (χ2v) is 6.71. The van der Waals surface area contributed by atoms with Crippen LogP contribution in [0, 0.1) is 5.92 Å². The maximum atomic E-state index is 11.8. The zero-order chi connectivity index (χ0) is 13.8. The van der Waals surface area contributed by atoms with Crippen LogP contribution in [0.1, 0.15) is 39.5 Å². The van der Waals surface area contributed by atoms with Gasteiger partial charge in [0.2, 0.25) is 0 Å². The number of carbonyl (C=O) groups is 1. The summed E-state index contributed by atoms with van der Waals surface area (Å²) in [5.74, 6) is 0.851. The summed E-state index contributed by atoms with van der Waals surface area (Å²) in [4.78, 5) is 11.8. The number of hydrogen-bond acceptors (Lipinski definition) is 5. The highest BCUT2D eigenvalue weighted by atomic mass is 32.2. The average molecular weight is 275 g/mol. The van der Waals surface area contributed by atoms with Crippen molar-refractivity contribution in [3.05, 3.63) is 0 Å². The number of nitrogens with two attached hydrogens (primary N) is 1. The van der Waals surface area contributed by atoms with Gasteiger partial charge in [-0.1, -0.05) is 13.3 Å². The quantitative estimate of drug-likeness (QED) is 0.720. The highest BCUT2D eigenvalue weighted by Gasteiger charge is 2.46. The summed E-state index contributed by atoms with van der Waals surface area (Å²) in [6.45, 7) is 3.81. The average Bonchev–Trinajstić information content (AvgIpc) is 2.71. The molecule has 4 atom stereocenters. The third kappa shape index (κ3) is 3.62. The molecule has 1 aliphatic carbocycles. The van der Waals surface area contributed by atoms with Crippen LogP contribution in [0.25, 0.3) is 0 Å². The van der Waals surface area contributed by atoms with E-state index in [4.69, 9.17) is 10.5 Å². The molecule has 0 aromatic rings. The van der Waals surface area contributed by atoms with Gasteiger partial charge < -0.3 is 15.6 Å². The molecule has 0 aliphatic heterocycles. The standard InChI is InChI=1S/C13H25NO3S/c1-9(15)10(2)18-8-6-11-5-4-7-13(11,14)12(16)17-3/h9-11,15H,4-8,14H2,1-3H3. The molecule has 1 saturated carbocycles. The minimum Gasteiger partial charge on any atom is -0.468 e. The van der Waals surface area contributed by atoms with Crippen molar-refractivity contribution in [2.75, 3.05) is 12.9 Å². The Hall–Kier alpha value is -0.260. The predicted octanol–water partition coefficient (Wildman–Crippen LogP) is 1.55. The van der Waals surface area contributed by atoms with Crippen LogP contribution in [-0.4, -0.2) is 40.8 Å². The maximum absolute atomic E-state index is 11.8. The van der Waals surface area contributed by atoms with E-state index in [1.54, 1.807) is 18.7 Å². The number of hydrogen-bond donors (Lipinski definition) is 2. The summed E-state index contributed by atoms with van der Waals surface area (Å²) >= 11 is 1.73. The van der Waals surface area contributed by atoms with Crippen LogP contribution in [0.2, 0.25) is 0 Å². The Morgan fingerprint density at radius 2 is 2.28 bits per heavy atom. The van der Waals surface area contributed by atoms with Gasteiger partial charge in [-0.3, -0.25) is 4.79 Å². The number of ether oxygens (including phenoxy) is 1. The number of aliphatic hydroxyl groups excluding tert-OH is 1. The molecule has 18 heavy (non-hydrogen) atoms. The molecule has 0 aromatic carbocycles. The molecule has 0 bridgehead atoms. The van der Waals surface area contributed by atoms with Crippen LogP contribution in [0.4, 0.5) is 0 Å². The first-order valence-electron chi connectivity index (χ1n) is 6.58. The van der Waals surface area contributed by atoms with Gasteiger partial charge in [-0.15, -0.1) is 0 Å². The molecular weight excluding hydrogens is 250 g/mol. The number of rotatable bonds is 6. The Morgan fingerprint density at radius 3 is 2.83 bits per heavy atom. The molecule has 4 unspecified atom stereocenters. The van der Waals surface area contributed by atoms with E-state index in [2.05, 4.69) is 0 Å². The fraction of sp³-hybridized carbons (Fsp3) is 0.923. The van der Waals surface area contributed by atoms with E-state index in [9.17, 15) is 9.90 Å². The summed E-state index contributed by atoms with van der Waals surface area (Å²) in [6, 6.07) is 0. The molecule has 0 aromatic heterocycles. The first-order valence-corrected chi connectivity index (χ1v) is 7.63. The normalized spacial score (nSPS) is 31.1. The lowest BCUT2D eigenvalue weighted by Gasteiger charge is -2.28. The fourth-order valence-electron chi connectivity index (χ4n) is 2.50. The number of esters is 1. The van der Waals surface area contributed by atoms with Gasteiger partial charge in [0.25, 0.3) is 0 Å². The van der Waals surface area contributed by atoms with Crippen molar-refractivity contribution >= 4 is 17.7 Å². The second kappa shape index (κ2) is 6.78. The summed E-state index contributed by atoms with van der Waals surface area (Å²) in [6.07, 6.45) is 3.32. The van der Waals surface area contributed by atoms with Crippen LogP contribution in [0.15, 0.2) is 0 Å². The van der Waals surface area contributed by atoms with E-state index >= 15 is 0 Å². The van der Waals surface area contributed by atoms with Gasteiger partial charge in [0.15, 0.2) is 0 Å². The zero-order valence-corrected chi connectivity index (χ0v) is 12.3. The largest absolute Gasteiger partial charge is 0.468 e. The lowest BCUT2D eigenvalue weighted by Crippen LogP contribution is -2.51. The van der Waals surface area contributed by atoms with E-state index in [0.29, 0.717) is 0 Å². The van der Waals surface area contributed by atoms with E-state index < -0.39 is 5.54 Å². The summed E-state index contributed by atoms with van der Waals surface area (Å²) in [7, 11) is 1.40. The lowest BCUT2D eigenvalue weighted by atomic mass is 9.86. The van der Waals surface area contributed by atoms with Gasteiger partial charge in [-0.2, -0.15) is 11.8 Å². The summed E-state index contributed by atoms with van der Waals surface area (Å²) in [5.41, 5.74) is 5.41. The van der Waals surface area contributed by atoms with Crippen molar-refractivity contribution in [1.82, 2.24) is 0 Å². The van der Waals surface area contributed by atoms with Gasteiger partial charge in [-0.25, -0.2) is 0 Å². The van der Waals surface area contributed by atoms with E-state index in [0.717, 1.165) is 31.4 Å². The van der Waals surface area contributed by atoms with Crippen LogP contribution in [0.5, 0.6) is 0 Å². The highest BCUT2D eigenvalue weighted by Crippen LogP contribution is 2.37. The minimum atomic E-state index is -0.788. The molecule has 4 nitrogen and oxygen atoms in total. The SMILES string of the molecule is COC(=O)C1(N)CCCC1CCSC(C)C(C)O. The smallest absolute Gasteiger partial charge is 0.326 e. The summed E-state index contributed by atoms with van der Waals surface area (Å²) < 4.78 is 4.82. The van der Waals surface area contributed by atoms with Gasteiger partial charge in [0.05, 0.1) is 13.2 Å². The Kier molecular flexibility index (Phi) is 5.95. The molecule has 0 radical (unpaired) electrons. The Bertz CT molecular complexity index is 285. The molecular formula is C13H25NO3S. The molecule has 0 saturated heterocycles. The van der Waals surface area contributed by atoms with Crippen molar-refractivity contribution in [3.63, 3.8) is 0 Å². The molecule has 3 N–H and O–H groups in total. The lowest BCUT2D eigenvalue weighted by molar-refractivity contribution is -0.148. The van der Waals surface area contributed by atoms with Crippen molar-refractivity contribution in [1.29, 1.82) is 0 Å². The van der Waals surface area contributed by atoms with Gasteiger partial charge in [0, 0.05) is 5.25 Å². The minimum absolute atomic E-state index is 0.207. The maximum Gasteiger partial charge on any atom is 0.326 e.